The average Bonchev–Trinajstić information content (AvgIpc) is 2.66. The van der Waals surface area contributed by atoms with Gasteiger partial charge in [0.25, 0.3) is 0 Å². The minimum absolute atomic E-state index is 0.0179. The monoisotopic (exact) mass is 337 g/mol. The van der Waals surface area contributed by atoms with Crippen LogP contribution in [-0.4, -0.2) is 24.9 Å². The van der Waals surface area contributed by atoms with Crippen molar-refractivity contribution in [3.63, 3.8) is 0 Å². The molecule has 0 bridgehead atoms. The van der Waals surface area contributed by atoms with Crippen molar-refractivity contribution in [1.29, 1.82) is 0 Å². The summed E-state index contributed by atoms with van der Waals surface area (Å²) in [4.78, 5) is 0. The molecule has 0 heterocycles. The van der Waals surface area contributed by atoms with Crippen LogP contribution in [-0.2, 0) is 6.54 Å². The highest BCUT2D eigenvalue weighted by atomic mass is 16.5. The molecule has 0 aliphatic rings. The van der Waals surface area contributed by atoms with E-state index in [4.69, 9.17) is 14.6 Å². The molecular weight excluding hydrogens is 314 g/mol. The number of hydrogen-bond acceptors (Lipinski definition) is 4. The van der Waals surface area contributed by atoms with Crippen molar-refractivity contribution in [2.75, 3.05) is 25.1 Å². The second kappa shape index (κ2) is 8.40. The fourth-order valence-corrected chi connectivity index (χ4v) is 2.78. The number of aliphatic hydroxyl groups excluding tert-OH is 1. The van der Waals surface area contributed by atoms with E-state index in [2.05, 4.69) is 35.6 Å². The van der Waals surface area contributed by atoms with Crippen LogP contribution in [0.2, 0.25) is 0 Å². The second-order valence-corrected chi connectivity index (χ2v) is 5.67. The van der Waals surface area contributed by atoms with Gasteiger partial charge >= 0.3 is 0 Å². The van der Waals surface area contributed by atoms with Crippen molar-refractivity contribution in [2.24, 2.45) is 0 Å². The van der Waals surface area contributed by atoms with Crippen LogP contribution in [0.4, 0.5) is 5.69 Å². The third kappa shape index (κ3) is 4.22. The van der Waals surface area contributed by atoms with Crippen LogP contribution in [0.3, 0.4) is 0 Å². The Balaban J connectivity index is 1.77. The maximum absolute atomic E-state index is 8.92. The summed E-state index contributed by atoms with van der Waals surface area (Å²) in [5.41, 5.74) is 2.21. The fourth-order valence-electron chi connectivity index (χ4n) is 2.78. The number of rotatable bonds is 8. The Labute approximate surface area is 148 Å². The topological polar surface area (TPSA) is 50.7 Å². The highest BCUT2D eigenvalue weighted by molar-refractivity contribution is 5.93. The molecule has 25 heavy (non-hydrogen) atoms. The Morgan fingerprint density at radius 1 is 0.920 bits per heavy atom. The van der Waals surface area contributed by atoms with Crippen LogP contribution >= 0.6 is 0 Å². The Kier molecular flexibility index (Phi) is 5.75. The Morgan fingerprint density at radius 2 is 1.76 bits per heavy atom. The molecule has 0 spiro atoms. The Morgan fingerprint density at radius 3 is 2.60 bits per heavy atom. The number of aliphatic hydroxyl groups is 1. The van der Waals surface area contributed by atoms with Gasteiger partial charge in [0.15, 0.2) is 11.5 Å². The van der Waals surface area contributed by atoms with E-state index in [9.17, 15) is 0 Å². The fraction of sp³-hybridized carbons (Fsp3) is 0.238. The molecule has 0 aliphatic heterocycles. The van der Waals surface area contributed by atoms with Crippen LogP contribution in [0, 0.1) is 0 Å². The third-order valence-corrected chi connectivity index (χ3v) is 3.93. The molecule has 0 saturated carbocycles. The molecule has 0 aromatic heterocycles. The van der Waals surface area contributed by atoms with E-state index in [0.717, 1.165) is 11.3 Å². The number of anilines is 1. The first-order valence-electron chi connectivity index (χ1n) is 8.53. The maximum Gasteiger partial charge on any atom is 0.161 e. The van der Waals surface area contributed by atoms with Gasteiger partial charge in [0.2, 0.25) is 0 Å². The quantitative estimate of drug-likeness (QED) is 0.646. The van der Waals surface area contributed by atoms with Gasteiger partial charge in [0.05, 0.1) is 13.2 Å². The predicted molar refractivity (Wildman–Crippen MR) is 101 cm³/mol. The summed E-state index contributed by atoms with van der Waals surface area (Å²) >= 11 is 0. The standard InChI is InChI=1S/C21H23NO3/c1-2-24-21-14-16(10-11-20(21)25-13-12-23)15-22-19-9-5-7-17-6-3-4-8-18(17)19/h3-11,14,22-23H,2,12-13,15H2,1H3. The average molecular weight is 337 g/mol. The second-order valence-electron chi connectivity index (χ2n) is 5.67. The van der Waals surface area contributed by atoms with Crippen LogP contribution in [0.1, 0.15) is 12.5 Å². The number of hydrogen-bond donors (Lipinski definition) is 2. The first kappa shape index (κ1) is 17.1. The molecule has 0 atom stereocenters. The van der Waals surface area contributed by atoms with Crippen LogP contribution in [0.15, 0.2) is 60.7 Å². The predicted octanol–water partition coefficient (Wildman–Crippen LogP) is 4.22. The minimum Gasteiger partial charge on any atom is -0.490 e. The summed E-state index contributed by atoms with van der Waals surface area (Å²) in [6.45, 7) is 3.44. The van der Waals surface area contributed by atoms with Gasteiger partial charge in [-0.15, -0.1) is 0 Å². The summed E-state index contributed by atoms with van der Waals surface area (Å²) in [6, 6.07) is 20.5. The van der Waals surface area contributed by atoms with Gasteiger partial charge in [-0.05, 0) is 36.1 Å². The molecule has 3 aromatic carbocycles. The first-order chi connectivity index (χ1) is 12.3. The maximum atomic E-state index is 8.92. The summed E-state index contributed by atoms with van der Waals surface area (Å²) in [6.07, 6.45) is 0. The minimum atomic E-state index is -0.0179. The molecule has 0 radical (unpaired) electrons. The van der Waals surface area contributed by atoms with E-state index in [1.54, 1.807) is 0 Å². The lowest BCUT2D eigenvalue weighted by Crippen LogP contribution is -2.05. The van der Waals surface area contributed by atoms with Crippen LogP contribution in [0.25, 0.3) is 10.8 Å². The largest absolute Gasteiger partial charge is 0.490 e. The van der Waals surface area contributed by atoms with Crippen molar-refractivity contribution < 1.29 is 14.6 Å². The van der Waals surface area contributed by atoms with Crippen LogP contribution < -0.4 is 14.8 Å². The van der Waals surface area contributed by atoms with Gasteiger partial charge in [-0.1, -0.05) is 42.5 Å². The van der Waals surface area contributed by atoms with E-state index < -0.39 is 0 Å². The molecular formula is C21H23NO3. The van der Waals surface area contributed by atoms with E-state index in [-0.39, 0.29) is 13.2 Å². The van der Waals surface area contributed by atoms with Crippen LogP contribution in [0.5, 0.6) is 11.5 Å². The number of fused-ring (bicyclic) bond motifs is 1. The molecule has 0 fully saturated rings. The molecule has 4 nitrogen and oxygen atoms in total. The lowest BCUT2D eigenvalue weighted by atomic mass is 10.1. The van der Waals surface area contributed by atoms with Gasteiger partial charge < -0.3 is 19.9 Å². The van der Waals surface area contributed by atoms with Crippen molar-refractivity contribution in [3.05, 3.63) is 66.2 Å². The van der Waals surface area contributed by atoms with E-state index in [0.29, 0.717) is 24.7 Å². The molecule has 3 rings (SSSR count). The number of ether oxygens (including phenoxy) is 2. The Hall–Kier alpha value is -2.72. The summed E-state index contributed by atoms with van der Waals surface area (Å²) in [5, 5.41) is 14.8. The molecule has 130 valence electrons. The van der Waals surface area contributed by atoms with Gasteiger partial charge in [0, 0.05) is 17.6 Å². The zero-order valence-corrected chi connectivity index (χ0v) is 14.4. The zero-order chi connectivity index (χ0) is 17.5. The molecule has 4 heteroatoms. The van der Waals surface area contributed by atoms with Gasteiger partial charge in [-0.3, -0.25) is 0 Å². The number of benzene rings is 3. The van der Waals surface area contributed by atoms with Crippen molar-refractivity contribution >= 4 is 16.5 Å². The smallest absolute Gasteiger partial charge is 0.161 e. The van der Waals surface area contributed by atoms with E-state index in [1.165, 1.54) is 10.8 Å². The highest BCUT2D eigenvalue weighted by Crippen LogP contribution is 2.29. The van der Waals surface area contributed by atoms with Crippen molar-refractivity contribution in [2.45, 2.75) is 13.5 Å². The summed E-state index contributed by atoms with van der Waals surface area (Å²) in [5.74, 6) is 1.36. The van der Waals surface area contributed by atoms with Crippen molar-refractivity contribution in [3.8, 4) is 11.5 Å². The first-order valence-corrected chi connectivity index (χ1v) is 8.53. The van der Waals surface area contributed by atoms with Gasteiger partial charge in [0.1, 0.15) is 6.61 Å². The Bertz CT molecular complexity index is 827. The molecule has 0 saturated heterocycles. The van der Waals surface area contributed by atoms with E-state index in [1.807, 2.05) is 37.3 Å². The lowest BCUT2D eigenvalue weighted by Gasteiger charge is -2.14. The summed E-state index contributed by atoms with van der Waals surface area (Å²) in [7, 11) is 0. The van der Waals surface area contributed by atoms with Gasteiger partial charge in [-0.2, -0.15) is 0 Å². The third-order valence-electron chi connectivity index (χ3n) is 3.93. The molecule has 0 aliphatic carbocycles. The SMILES string of the molecule is CCOc1cc(CNc2cccc3ccccc23)ccc1OCCO. The van der Waals surface area contributed by atoms with Gasteiger partial charge in [-0.25, -0.2) is 0 Å². The highest BCUT2D eigenvalue weighted by Gasteiger charge is 2.07. The van der Waals surface area contributed by atoms with E-state index >= 15 is 0 Å². The summed E-state index contributed by atoms with van der Waals surface area (Å²) < 4.78 is 11.2. The molecule has 3 aromatic rings. The lowest BCUT2D eigenvalue weighted by molar-refractivity contribution is 0.194. The van der Waals surface area contributed by atoms with Crippen molar-refractivity contribution in [1.82, 2.24) is 0 Å². The molecule has 0 amide bonds. The molecule has 2 N–H and O–H groups in total. The molecule has 0 unspecified atom stereocenters. The number of nitrogens with one attached hydrogen (secondary N) is 1. The zero-order valence-electron chi connectivity index (χ0n) is 14.4. The normalized spacial score (nSPS) is 10.6.